The van der Waals surface area contributed by atoms with Gasteiger partial charge in [-0.2, -0.15) is 5.10 Å². The van der Waals surface area contributed by atoms with Gasteiger partial charge in [-0.3, -0.25) is 4.68 Å². The van der Waals surface area contributed by atoms with Crippen molar-refractivity contribution in [1.29, 1.82) is 0 Å². The third kappa shape index (κ3) is 4.47. The number of aromatic nitrogens is 2. The predicted octanol–water partition coefficient (Wildman–Crippen LogP) is 1.03. The SMILES string of the molecule is CC#CCCn1nccc1CNCCOC. The van der Waals surface area contributed by atoms with Crippen molar-refractivity contribution in [2.45, 2.75) is 26.4 Å². The molecule has 0 spiro atoms. The van der Waals surface area contributed by atoms with Crippen LogP contribution in [-0.4, -0.2) is 30.0 Å². The van der Waals surface area contributed by atoms with Crippen LogP contribution in [0.25, 0.3) is 0 Å². The van der Waals surface area contributed by atoms with Gasteiger partial charge < -0.3 is 10.1 Å². The molecule has 0 fully saturated rings. The van der Waals surface area contributed by atoms with Crippen LogP contribution < -0.4 is 5.32 Å². The second-order valence-electron chi connectivity index (χ2n) is 3.39. The lowest BCUT2D eigenvalue weighted by Crippen LogP contribution is -2.20. The first kappa shape index (κ1) is 12.8. The van der Waals surface area contributed by atoms with Gasteiger partial charge in [0, 0.05) is 32.8 Å². The summed E-state index contributed by atoms with van der Waals surface area (Å²) in [5.41, 5.74) is 1.19. The fourth-order valence-electron chi connectivity index (χ4n) is 1.39. The predicted molar refractivity (Wildman–Crippen MR) is 63.9 cm³/mol. The first-order valence-electron chi connectivity index (χ1n) is 5.48. The number of aryl methyl sites for hydroxylation is 1. The van der Waals surface area contributed by atoms with Gasteiger partial charge in [0.1, 0.15) is 0 Å². The van der Waals surface area contributed by atoms with Gasteiger partial charge in [-0.05, 0) is 13.0 Å². The molecule has 0 radical (unpaired) electrons. The van der Waals surface area contributed by atoms with Crippen LogP contribution in [0.2, 0.25) is 0 Å². The summed E-state index contributed by atoms with van der Waals surface area (Å²) >= 11 is 0. The Bertz CT molecular complexity index is 349. The summed E-state index contributed by atoms with van der Waals surface area (Å²) in [6, 6.07) is 2.03. The van der Waals surface area contributed by atoms with E-state index in [0.29, 0.717) is 0 Å². The molecule has 0 aliphatic heterocycles. The molecule has 16 heavy (non-hydrogen) atoms. The minimum Gasteiger partial charge on any atom is -0.383 e. The van der Waals surface area contributed by atoms with E-state index in [1.165, 1.54) is 5.69 Å². The average Bonchev–Trinajstić information content (AvgIpc) is 2.73. The van der Waals surface area contributed by atoms with E-state index in [2.05, 4.69) is 22.3 Å². The Labute approximate surface area is 97.0 Å². The van der Waals surface area contributed by atoms with Gasteiger partial charge in [0.05, 0.1) is 18.8 Å². The number of hydrogen-bond donors (Lipinski definition) is 1. The van der Waals surface area contributed by atoms with Gasteiger partial charge in [0.15, 0.2) is 0 Å². The quantitative estimate of drug-likeness (QED) is 0.552. The van der Waals surface area contributed by atoms with E-state index in [1.807, 2.05) is 23.9 Å². The molecule has 0 unspecified atom stereocenters. The van der Waals surface area contributed by atoms with Gasteiger partial charge in [-0.1, -0.05) is 0 Å². The Balaban J connectivity index is 2.33. The van der Waals surface area contributed by atoms with Gasteiger partial charge in [-0.15, -0.1) is 11.8 Å². The molecule has 88 valence electrons. The lowest BCUT2D eigenvalue weighted by Gasteiger charge is -2.06. The van der Waals surface area contributed by atoms with Crippen LogP contribution in [0.5, 0.6) is 0 Å². The van der Waals surface area contributed by atoms with Crippen molar-refractivity contribution in [2.24, 2.45) is 0 Å². The highest BCUT2D eigenvalue weighted by molar-refractivity contribution is 5.01. The Hall–Kier alpha value is -1.31. The molecule has 0 aromatic carbocycles. The van der Waals surface area contributed by atoms with Crippen molar-refractivity contribution in [2.75, 3.05) is 20.3 Å². The summed E-state index contributed by atoms with van der Waals surface area (Å²) in [4.78, 5) is 0. The molecule has 0 saturated heterocycles. The largest absolute Gasteiger partial charge is 0.383 e. The molecule has 1 N–H and O–H groups in total. The van der Waals surface area contributed by atoms with Crippen LogP contribution in [0.1, 0.15) is 19.0 Å². The Kier molecular flexibility index (Phi) is 6.31. The molecule has 1 aromatic heterocycles. The third-order valence-electron chi connectivity index (χ3n) is 2.22. The van der Waals surface area contributed by atoms with Crippen molar-refractivity contribution < 1.29 is 4.74 Å². The minimum atomic E-state index is 0.732. The van der Waals surface area contributed by atoms with Crippen molar-refractivity contribution in [1.82, 2.24) is 15.1 Å². The zero-order valence-corrected chi connectivity index (χ0v) is 9.99. The molecule has 0 bridgehead atoms. The summed E-state index contributed by atoms with van der Waals surface area (Å²) in [7, 11) is 1.70. The lowest BCUT2D eigenvalue weighted by molar-refractivity contribution is 0.199. The van der Waals surface area contributed by atoms with Crippen LogP contribution >= 0.6 is 0 Å². The molecule has 1 rings (SSSR count). The van der Waals surface area contributed by atoms with Gasteiger partial charge in [-0.25, -0.2) is 0 Å². The smallest absolute Gasteiger partial charge is 0.0587 e. The number of hydrogen-bond acceptors (Lipinski definition) is 3. The van der Waals surface area contributed by atoms with E-state index < -0.39 is 0 Å². The molecule has 1 aromatic rings. The summed E-state index contributed by atoms with van der Waals surface area (Å²) in [6.45, 7) is 5.13. The maximum Gasteiger partial charge on any atom is 0.0587 e. The van der Waals surface area contributed by atoms with Gasteiger partial charge in [0.25, 0.3) is 0 Å². The fraction of sp³-hybridized carbons (Fsp3) is 0.583. The van der Waals surface area contributed by atoms with Crippen LogP contribution in [0.15, 0.2) is 12.3 Å². The summed E-state index contributed by atoms with van der Waals surface area (Å²) in [6.07, 6.45) is 2.68. The number of nitrogens with one attached hydrogen (secondary N) is 1. The van der Waals surface area contributed by atoms with E-state index in [1.54, 1.807) is 7.11 Å². The van der Waals surface area contributed by atoms with E-state index in [0.717, 1.165) is 32.7 Å². The molecule has 0 amide bonds. The van der Waals surface area contributed by atoms with Crippen LogP contribution in [0.4, 0.5) is 0 Å². The van der Waals surface area contributed by atoms with Crippen LogP contribution in [-0.2, 0) is 17.8 Å². The highest BCUT2D eigenvalue weighted by Gasteiger charge is 2.00. The molecular formula is C12H19N3O. The summed E-state index contributed by atoms with van der Waals surface area (Å²) in [5, 5.41) is 7.56. The standard InChI is InChI=1S/C12H19N3O/c1-3-4-5-9-15-12(6-7-14-15)11-13-8-10-16-2/h6-7,13H,5,8-11H2,1-2H3. The van der Waals surface area contributed by atoms with Crippen molar-refractivity contribution >= 4 is 0 Å². The van der Waals surface area contributed by atoms with Gasteiger partial charge in [0.2, 0.25) is 0 Å². The minimum absolute atomic E-state index is 0.732. The van der Waals surface area contributed by atoms with Crippen molar-refractivity contribution in [3.63, 3.8) is 0 Å². The number of nitrogens with zero attached hydrogens (tertiary/aromatic N) is 2. The molecule has 0 aliphatic carbocycles. The van der Waals surface area contributed by atoms with Crippen molar-refractivity contribution in [3.05, 3.63) is 18.0 Å². The Morgan fingerprint density at radius 2 is 2.44 bits per heavy atom. The Morgan fingerprint density at radius 1 is 1.56 bits per heavy atom. The zero-order valence-electron chi connectivity index (χ0n) is 9.99. The summed E-state index contributed by atoms with van der Waals surface area (Å²) < 4.78 is 6.96. The molecule has 4 heteroatoms. The third-order valence-corrected chi connectivity index (χ3v) is 2.22. The van der Waals surface area contributed by atoms with Crippen molar-refractivity contribution in [3.8, 4) is 11.8 Å². The average molecular weight is 221 g/mol. The molecule has 1 heterocycles. The van der Waals surface area contributed by atoms with E-state index >= 15 is 0 Å². The second kappa shape index (κ2) is 7.91. The van der Waals surface area contributed by atoms with Crippen LogP contribution in [0.3, 0.4) is 0 Å². The highest BCUT2D eigenvalue weighted by Crippen LogP contribution is 1.99. The molecule has 4 nitrogen and oxygen atoms in total. The number of ether oxygens (including phenoxy) is 1. The summed E-state index contributed by atoms with van der Waals surface area (Å²) in [5.74, 6) is 5.93. The maximum absolute atomic E-state index is 4.97. The van der Waals surface area contributed by atoms with E-state index in [4.69, 9.17) is 4.74 Å². The van der Waals surface area contributed by atoms with Gasteiger partial charge >= 0.3 is 0 Å². The maximum atomic E-state index is 4.97. The highest BCUT2D eigenvalue weighted by atomic mass is 16.5. The molecule has 0 aliphatic rings. The first-order valence-corrected chi connectivity index (χ1v) is 5.48. The number of methoxy groups -OCH3 is 1. The Morgan fingerprint density at radius 3 is 3.19 bits per heavy atom. The normalized spacial score (nSPS) is 9.88. The lowest BCUT2D eigenvalue weighted by atomic mass is 10.4. The van der Waals surface area contributed by atoms with E-state index in [9.17, 15) is 0 Å². The van der Waals surface area contributed by atoms with Crippen LogP contribution in [0, 0.1) is 11.8 Å². The first-order chi connectivity index (χ1) is 7.88. The number of rotatable bonds is 7. The zero-order chi connectivity index (χ0) is 11.6. The van der Waals surface area contributed by atoms with E-state index in [-0.39, 0.29) is 0 Å². The molecule has 0 saturated carbocycles. The fourth-order valence-corrected chi connectivity index (χ4v) is 1.39. The second-order valence-corrected chi connectivity index (χ2v) is 3.39. The molecular weight excluding hydrogens is 202 g/mol. The monoisotopic (exact) mass is 221 g/mol. The topological polar surface area (TPSA) is 39.1 Å². The molecule has 0 atom stereocenters.